The van der Waals surface area contributed by atoms with Crippen molar-refractivity contribution >= 4 is 68.4 Å². The van der Waals surface area contributed by atoms with Gasteiger partial charge < -0.3 is 5.11 Å². The van der Waals surface area contributed by atoms with Crippen LogP contribution in [0.4, 0.5) is 5.69 Å². The minimum absolute atomic E-state index is 0.0134. The average molecular weight is 438 g/mol. The summed E-state index contributed by atoms with van der Waals surface area (Å²) in [6.45, 7) is 0. The number of amides is 2. The summed E-state index contributed by atoms with van der Waals surface area (Å²) in [6, 6.07) is 11.3. The molecular formula is C17H10BrClN2O3S. The fourth-order valence-corrected chi connectivity index (χ4v) is 3.15. The van der Waals surface area contributed by atoms with Crippen LogP contribution in [0.25, 0.3) is 6.08 Å². The van der Waals surface area contributed by atoms with E-state index in [0.29, 0.717) is 10.7 Å². The Morgan fingerprint density at radius 2 is 1.96 bits per heavy atom. The maximum absolute atomic E-state index is 12.8. The predicted molar refractivity (Wildman–Crippen MR) is 103 cm³/mol. The van der Waals surface area contributed by atoms with E-state index in [2.05, 4.69) is 21.2 Å². The molecule has 8 heteroatoms. The lowest BCUT2D eigenvalue weighted by atomic mass is 10.1. The van der Waals surface area contributed by atoms with Gasteiger partial charge in [0, 0.05) is 15.1 Å². The van der Waals surface area contributed by atoms with Crippen molar-refractivity contribution < 1.29 is 14.7 Å². The lowest BCUT2D eigenvalue weighted by Gasteiger charge is -2.29. The van der Waals surface area contributed by atoms with Gasteiger partial charge in [-0.15, -0.1) is 0 Å². The molecule has 0 saturated carbocycles. The van der Waals surface area contributed by atoms with Gasteiger partial charge in [-0.25, -0.2) is 0 Å². The van der Waals surface area contributed by atoms with Gasteiger partial charge in [0.1, 0.15) is 11.3 Å². The highest BCUT2D eigenvalue weighted by atomic mass is 79.9. The molecule has 3 rings (SSSR count). The highest BCUT2D eigenvalue weighted by Gasteiger charge is 2.34. The molecule has 0 bridgehead atoms. The Bertz CT molecular complexity index is 945. The number of aromatic hydroxyl groups is 1. The molecule has 126 valence electrons. The van der Waals surface area contributed by atoms with Gasteiger partial charge in [-0.2, -0.15) is 0 Å². The zero-order valence-corrected chi connectivity index (χ0v) is 15.7. The Hall–Kier alpha value is -2.22. The Kier molecular flexibility index (Phi) is 4.89. The summed E-state index contributed by atoms with van der Waals surface area (Å²) >= 11 is 14.4. The van der Waals surface area contributed by atoms with Crippen molar-refractivity contribution in [1.29, 1.82) is 0 Å². The van der Waals surface area contributed by atoms with E-state index in [1.807, 2.05) is 0 Å². The molecule has 0 atom stereocenters. The normalized spacial score (nSPS) is 16.3. The second-order valence-electron chi connectivity index (χ2n) is 5.14. The van der Waals surface area contributed by atoms with Crippen molar-refractivity contribution in [3.05, 3.63) is 63.1 Å². The summed E-state index contributed by atoms with van der Waals surface area (Å²) in [6.07, 6.45) is 1.28. The zero-order valence-electron chi connectivity index (χ0n) is 12.5. The number of phenolic OH excluding ortho intramolecular Hbond substituents is 1. The number of phenols is 1. The summed E-state index contributed by atoms with van der Waals surface area (Å²) in [4.78, 5) is 26.3. The molecule has 2 amide bonds. The van der Waals surface area contributed by atoms with Crippen LogP contribution in [0.1, 0.15) is 5.56 Å². The Morgan fingerprint density at radius 1 is 1.20 bits per heavy atom. The van der Waals surface area contributed by atoms with E-state index in [0.717, 1.165) is 4.47 Å². The van der Waals surface area contributed by atoms with Crippen LogP contribution in [-0.4, -0.2) is 22.0 Å². The highest BCUT2D eigenvalue weighted by Crippen LogP contribution is 2.27. The number of nitrogens with zero attached hydrogens (tertiary/aromatic N) is 1. The molecule has 0 radical (unpaired) electrons. The third-order valence-corrected chi connectivity index (χ3v) is 4.47. The van der Waals surface area contributed by atoms with Crippen molar-refractivity contribution in [3.8, 4) is 5.75 Å². The Labute approximate surface area is 162 Å². The lowest BCUT2D eigenvalue weighted by Crippen LogP contribution is -2.54. The van der Waals surface area contributed by atoms with Crippen LogP contribution in [0, 0.1) is 0 Å². The number of thiocarbonyl (C=S) groups is 1. The highest BCUT2D eigenvalue weighted by molar-refractivity contribution is 9.10. The van der Waals surface area contributed by atoms with Crippen LogP contribution in [0.2, 0.25) is 5.02 Å². The smallest absolute Gasteiger partial charge is 0.270 e. The first kappa shape index (κ1) is 17.6. The van der Waals surface area contributed by atoms with Crippen LogP contribution in [0.5, 0.6) is 5.75 Å². The summed E-state index contributed by atoms with van der Waals surface area (Å²) in [7, 11) is 0. The van der Waals surface area contributed by atoms with Crippen molar-refractivity contribution in [2.24, 2.45) is 0 Å². The minimum Gasteiger partial charge on any atom is -0.507 e. The number of carbonyl (C=O) groups excluding carboxylic acids is 2. The van der Waals surface area contributed by atoms with E-state index in [4.69, 9.17) is 23.8 Å². The maximum Gasteiger partial charge on any atom is 0.270 e. The Balaban J connectivity index is 2.07. The number of anilines is 1. The van der Waals surface area contributed by atoms with Crippen LogP contribution in [0.15, 0.2) is 52.5 Å². The first-order valence-corrected chi connectivity index (χ1v) is 8.60. The van der Waals surface area contributed by atoms with Crippen molar-refractivity contribution in [3.63, 3.8) is 0 Å². The maximum atomic E-state index is 12.8. The second kappa shape index (κ2) is 6.95. The van der Waals surface area contributed by atoms with E-state index < -0.39 is 11.8 Å². The first-order chi connectivity index (χ1) is 11.9. The van der Waals surface area contributed by atoms with Gasteiger partial charge in [-0.05, 0) is 54.7 Å². The number of hydrogen-bond donors (Lipinski definition) is 2. The van der Waals surface area contributed by atoms with E-state index >= 15 is 0 Å². The number of rotatable bonds is 2. The van der Waals surface area contributed by atoms with Crippen molar-refractivity contribution in [2.45, 2.75) is 0 Å². The largest absolute Gasteiger partial charge is 0.507 e. The number of halogens is 2. The van der Waals surface area contributed by atoms with Gasteiger partial charge in [0.15, 0.2) is 5.11 Å². The van der Waals surface area contributed by atoms with E-state index in [9.17, 15) is 14.7 Å². The third kappa shape index (κ3) is 3.58. The standard InChI is InChI=1S/C17H10BrClN2O3S/c18-10-2-1-3-12(8-10)21-16(24)13(15(23)20-17(21)25)7-9-6-11(19)4-5-14(9)22/h1-8,22H,(H,20,23,25)/b13-7+. The molecule has 2 N–H and O–H groups in total. The average Bonchev–Trinajstić information content (AvgIpc) is 2.54. The van der Waals surface area contributed by atoms with E-state index in [1.165, 1.54) is 29.2 Å². The zero-order chi connectivity index (χ0) is 18.1. The molecule has 1 saturated heterocycles. The quantitative estimate of drug-likeness (QED) is 0.428. The van der Waals surface area contributed by atoms with Crippen LogP contribution in [-0.2, 0) is 9.59 Å². The summed E-state index contributed by atoms with van der Waals surface area (Å²) in [5.74, 6) is -1.33. The van der Waals surface area contributed by atoms with Crippen LogP contribution in [0.3, 0.4) is 0 Å². The Morgan fingerprint density at radius 3 is 2.68 bits per heavy atom. The van der Waals surface area contributed by atoms with E-state index in [-0.39, 0.29) is 22.0 Å². The number of nitrogens with one attached hydrogen (secondary N) is 1. The number of carbonyl (C=O) groups is 2. The molecule has 0 unspecified atom stereocenters. The number of hydrogen-bond acceptors (Lipinski definition) is 4. The third-order valence-electron chi connectivity index (χ3n) is 3.46. The minimum atomic E-state index is -0.638. The fourth-order valence-electron chi connectivity index (χ4n) is 2.30. The molecule has 2 aromatic rings. The molecule has 1 fully saturated rings. The first-order valence-electron chi connectivity index (χ1n) is 7.02. The van der Waals surface area contributed by atoms with Crippen molar-refractivity contribution in [2.75, 3.05) is 4.90 Å². The fraction of sp³-hybridized carbons (Fsp3) is 0. The van der Waals surface area contributed by atoms with Gasteiger partial charge >= 0.3 is 0 Å². The monoisotopic (exact) mass is 436 g/mol. The predicted octanol–water partition coefficient (Wildman–Crippen LogP) is 3.64. The SMILES string of the molecule is O=C1NC(=S)N(c2cccc(Br)c2)C(=O)/C1=C/c1cc(Cl)ccc1O. The van der Waals surface area contributed by atoms with Crippen molar-refractivity contribution in [1.82, 2.24) is 5.32 Å². The van der Waals surface area contributed by atoms with Gasteiger partial charge in [-0.3, -0.25) is 19.8 Å². The topological polar surface area (TPSA) is 69.6 Å². The van der Waals surface area contributed by atoms with Gasteiger partial charge in [0.25, 0.3) is 11.8 Å². The van der Waals surface area contributed by atoms with Gasteiger partial charge in [0.2, 0.25) is 0 Å². The molecule has 1 aliphatic rings. The molecule has 5 nitrogen and oxygen atoms in total. The summed E-state index contributed by atoms with van der Waals surface area (Å²) < 4.78 is 0.760. The summed E-state index contributed by atoms with van der Waals surface area (Å²) in [5, 5.41) is 12.8. The molecule has 0 aromatic heterocycles. The molecule has 0 aliphatic carbocycles. The molecular weight excluding hydrogens is 428 g/mol. The van der Waals surface area contributed by atoms with Crippen LogP contribution < -0.4 is 10.2 Å². The number of benzene rings is 2. The molecule has 25 heavy (non-hydrogen) atoms. The molecule has 1 aliphatic heterocycles. The van der Waals surface area contributed by atoms with E-state index in [1.54, 1.807) is 24.3 Å². The second-order valence-corrected chi connectivity index (χ2v) is 6.88. The molecule has 0 spiro atoms. The van der Waals surface area contributed by atoms with Crippen LogP contribution >= 0.6 is 39.7 Å². The molecule has 2 aromatic carbocycles. The summed E-state index contributed by atoms with van der Waals surface area (Å²) in [5.41, 5.74) is 0.602. The lowest BCUT2D eigenvalue weighted by molar-refractivity contribution is -0.122. The molecule has 1 heterocycles. The van der Waals surface area contributed by atoms with Gasteiger partial charge in [0.05, 0.1) is 5.69 Å². The van der Waals surface area contributed by atoms with Gasteiger partial charge in [-0.1, -0.05) is 33.6 Å².